The Hall–Kier alpha value is -2.90. The number of nitrogens with one attached hydrogen (secondary N) is 2. The molecule has 0 fully saturated rings. The first kappa shape index (κ1) is 20.1. The molecule has 0 bridgehead atoms. The molecule has 136 valence electrons. The van der Waals surface area contributed by atoms with Crippen LogP contribution in [0, 0.1) is 0 Å². The van der Waals surface area contributed by atoms with Crippen LogP contribution in [-0.2, 0) is 25.7 Å². The van der Waals surface area contributed by atoms with Crippen molar-refractivity contribution in [2.45, 2.75) is 26.3 Å². The topological polar surface area (TPSA) is 116 Å². The van der Waals surface area contributed by atoms with Gasteiger partial charge in [0.1, 0.15) is 0 Å². The molecule has 0 saturated carbocycles. The summed E-state index contributed by atoms with van der Waals surface area (Å²) in [6.07, 6.45) is 0.293. The Morgan fingerprint density at radius 2 is 1.72 bits per heavy atom. The molecular weight excluding hydrogens is 326 g/mol. The normalized spacial score (nSPS) is 9.96. The van der Waals surface area contributed by atoms with Crippen molar-refractivity contribution in [3.8, 4) is 0 Å². The first-order valence-electron chi connectivity index (χ1n) is 7.93. The molecule has 25 heavy (non-hydrogen) atoms. The Kier molecular flexibility index (Phi) is 8.70. The lowest BCUT2D eigenvalue weighted by Crippen LogP contribution is -2.43. The number of carboxylic acid groups (broad SMARTS) is 1. The van der Waals surface area contributed by atoms with Gasteiger partial charge in [0, 0.05) is 26.4 Å². The summed E-state index contributed by atoms with van der Waals surface area (Å²) in [6.45, 7) is 1.50. The summed E-state index contributed by atoms with van der Waals surface area (Å²) in [4.78, 5) is 46.8. The van der Waals surface area contributed by atoms with Crippen molar-refractivity contribution in [1.82, 2.24) is 15.5 Å². The number of benzene rings is 1. The van der Waals surface area contributed by atoms with Crippen molar-refractivity contribution in [2.75, 3.05) is 19.6 Å². The van der Waals surface area contributed by atoms with Gasteiger partial charge in [0.25, 0.3) is 0 Å². The first-order valence-corrected chi connectivity index (χ1v) is 7.93. The van der Waals surface area contributed by atoms with Crippen molar-refractivity contribution in [3.63, 3.8) is 0 Å². The maximum Gasteiger partial charge on any atom is 0.303 e. The summed E-state index contributed by atoms with van der Waals surface area (Å²) in [5.74, 6) is -2.03. The molecule has 0 aliphatic rings. The third kappa shape index (κ3) is 9.09. The number of nitrogens with zero attached hydrogens (tertiary/aromatic N) is 1. The molecule has 8 nitrogen and oxygen atoms in total. The highest BCUT2D eigenvalue weighted by Gasteiger charge is 2.15. The van der Waals surface area contributed by atoms with Crippen LogP contribution in [0.2, 0.25) is 0 Å². The number of aliphatic carboxylic acids is 1. The summed E-state index contributed by atoms with van der Waals surface area (Å²) < 4.78 is 0. The average Bonchev–Trinajstić information content (AvgIpc) is 2.57. The van der Waals surface area contributed by atoms with Gasteiger partial charge < -0.3 is 20.6 Å². The highest BCUT2D eigenvalue weighted by molar-refractivity contribution is 5.87. The lowest BCUT2D eigenvalue weighted by Gasteiger charge is -2.23. The van der Waals surface area contributed by atoms with Crippen LogP contribution in [0.15, 0.2) is 30.3 Å². The van der Waals surface area contributed by atoms with Gasteiger partial charge in [-0.2, -0.15) is 0 Å². The zero-order valence-corrected chi connectivity index (χ0v) is 14.2. The number of carboxylic acids is 1. The molecule has 0 saturated heterocycles. The van der Waals surface area contributed by atoms with Crippen molar-refractivity contribution >= 4 is 23.7 Å². The monoisotopic (exact) mass is 349 g/mol. The van der Waals surface area contributed by atoms with Crippen LogP contribution in [0.1, 0.15) is 25.3 Å². The van der Waals surface area contributed by atoms with E-state index in [4.69, 9.17) is 5.11 Å². The SMILES string of the molecule is CC(=O)NCC(=O)NCC(=O)N(CCCC(=O)O)Cc1ccccc1. The summed E-state index contributed by atoms with van der Waals surface area (Å²) in [5.41, 5.74) is 0.913. The maximum absolute atomic E-state index is 12.3. The molecule has 1 aromatic carbocycles. The number of amides is 3. The van der Waals surface area contributed by atoms with Crippen LogP contribution >= 0.6 is 0 Å². The predicted octanol–water partition coefficient (Wildman–Crippen LogP) is 0.132. The predicted molar refractivity (Wildman–Crippen MR) is 90.4 cm³/mol. The molecule has 1 aromatic rings. The molecule has 0 atom stereocenters. The van der Waals surface area contributed by atoms with Crippen LogP contribution in [0.3, 0.4) is 0 Å². The standard InChI is InChI=1S/C17H23N3O5/c1-13(21)18-10-15(22)19-11-16(23)20(9-5-8-17(24)25)12-14-6-3-2-4-7-14/h2-4,6-7H,5,8-12H2,1H3,(H,18,21)(H,19,22)(H,24,25). The number of carbonyl (C=O) groups is 4. The largest absolute Gasteiger partial charge is 0.481 e. The van der Waals surface area contributed by atoms with Gasteiger partial charge in [0.15, 0.2) is 0 Å². The van der Waals surface area contributed by atoms with Gasteiger partial charge in [0.2, 0.25) is 17.7 Å². The van der Waals surface area contributed by atoms with E-state index >= 15 is 0 Å². The van der Waals surface area contributed by atoms with Crippen molar-refractivity contribution in [2.24, 2.45) is 0 Å². The molecule has 0 aromatic heterocycles. The van der Waals surface area contributed by atoms with E-state index in [0.717, 1.165) is 5.56 Å². The molecule has 3 N–H and O–H groups in total. The van der Waals surface area contributed by atoms with Gasteiger partial charge in [-0.15, -0.1) is 0 Å². The Morgan fingerprint density at radius 3 is 2.32 bits per heavy atom. The van der Waals surface area contributed by atoms with Gasteiger partial charge in [-0.25, -0.2) is 0 Å². The van der Waals surface area contributed by atoms with E-state index in [0.29, 0.717) is 13.0 Å². The van der Waals surface area contributed by atoms with E-state index in [1.54, 1.807) is 0 Å². The molecule has 0 radical (unpaired) electrons. The van der Waals surface area contributed by atoms with Crippen LogP contribution < -0.4 is 10.6 Å². The summed E-state index contributed by atoms with van der Waals surface area (Å²) in [7, 11) is 0. The molecule has 0 aliphatic carbocycles. The molecule has 3 amide bonds. The zero-order valence-electron chi connectivity index (χ0n) is 14.2. The smallest absolute Gasteiger partial charge is 0.303 e. The minimum absolute atomic E-state index is 0.0343. The summed E-state index contributed by atoms with van der Waals surface area (Å²) in [5, 5.41) is 13.5. The van der Waals surface area contributed by atoms with Gasteiger partial charge in [-0.3, -0.25) is 19.2 Å². The quantitative estimate of drug-likeness (QED) is 0.555. The fourth-order valence-corrected chi connectivity index (χ4v) is 2.07. The molecule has 0 unspecified atom stereocenters. The van der Waals surface area contributed by atoms with Gasteiger partial charge >= 0.3 is 5.97 Å². The van der Waals surface area contributed by atoms with Crippen molar-refractivity contribution in [1.29, 1.82) is 0 Å². The van der Waals surface area contributed by atoms with E-state index in [2.05, 4.69) is 10.6 Å². The molecule has 0 heterocycles. The van der Waals surface area contributed by atoms with E-state index in [1.807, 2.05) is 30.3 Å². The van der Waals surface area contributed by atoms with E-state index in [1.165, 1.54) is 11.8 Å². The number of carbonyl (C=O) groups excluding carboxylic acids is 3. The van der Waals surface area contributed by atoms with Gasteiger partial charge in [-0.05, 0) is 12.0 Å². The van der Waals surface area contributed by atoms with E-state index in [-0.39, 0.29) is 37.9 Å². The second-order valence-electron chi connectivity index (χ2n) is 5.48. The highest BCUT2D eigenvalue weighted by atomic mass is 16.4. The number of rotatable bonds is 10. The van der Waals surface area contributed by atoms with Crippen LogP contribution in [0.25, 0.3) is 0 Å². The third-order valence-electron chi connectivity index (χ3n) is 3.32. The Morgan fingerprint density at radius 1 is 1.04 bits per heavy atom. The Labute approximate surface area is 146 Å². The van der Waals surface area contributed by atoms with E-state index in [9.17, 15) is 19.2 Å². The molecular formula is C17H23N3O5. The molecule has 8 heteroatoms. The third-order valence-corrected chi connectivity index (χ3v) is 3.32. The second-order valence-corrected chi connectivity index (χ2v) is 5.48. The average molecular weight is 349 g/mol. The highest BCUT2D eigenvalue weighted by Crippen LogP contribution is 2.06. The second kappa shape index (κ2) is 10.8. The zero-order chi connectivity index (χ0) is 18.7. The van der Waals surface area contributed by atoms with Crippen molar-refractivity contribution in [3.05, 3.63) is 35.9 Å². The summed E-state index contributed by atoms with van der Waals surface area (Å²) >= 11 is 0. The summed E-state index contributed by atoms with van der Waals surface area (Å²) in [6, 6.07) is 9.30. The lowest BCUT2D eigenvalue weighted by atomic mass is 10.2. The van der Waals surface area contributed by atoms with Gasteiger partial charge in [0.05, 0.1) is 13.1 Å². The molecule has 1 rings (SSSR count). The lowest BCUT2D eigenvalue weighted by molar-refractivity contribution is -0.138. The van der Waals surface area contributed by atoms with Crippen LogP contribution in [0.5, 0.6) is 0 Å². The van der Waals surface area contributed by atoms with Crippen LogP contribution in [-0.4, -0.2) is 53.3 Å². The fraction of sp³-hybridized carbons (Fsp3) is 0.412. The minimum atomic E-state index is -0.921. The first-order chi connectivity index (χ1) is 11.9. The number of hydrogen-bond acceptors (Lipinski definition) is 4. The molecule has 0 aliphatic heterocycles. The van der Waals surface area contributed by atoms with E-state index < -0.39 is 11.9 Å². The van der Waals surface area contributed by atoms with Crippen LogP contribution in [0.4, 0.5) is 0 Å². The fourth-order valence-electron chi connectivity index (χ4n) is 2.07. The maximum atomic E-state index is 12.3. The van der Waals surface area contributed by atoms with Gasteiger partial charge in [-0.1, -0.05) is 30.3 Å². The Bertz CT molecular complexity index is 604. The van der Waals surface area contributed by atoms with Crippen molar-refractivity contribution < 1.29 is 24.3 Å². The Balaban J connectivity index is 2.57. The number of hydrogen-bond donors (Lipinski definition) is 3. The molecule has 0 spiro atoms. The minimum Gasteiger partial charge on any atom is -0.481 e.